The summed E-state index contributed by atoms with van der Waals surface area (Å²) in [4.78, 5) is 44.3. The van der Waals surface area contributed by atoms with E-state index >= 15 is 0 Å². The molecule has 4 rings (SSSR count). The molecule has 9 nitrogen and oxygen atoms in total. The molecule has 160 valence electrons. The van der Waals surface area contributed by atoms with Gasteiger partial charge in [0.1, 0.15) is 5.56 Å². The Labute approximate surface area is 182 Å². The van der Waals surface area contributed by atoms with Crippen molar-refractivity contribution in [2.24, 2.45) is 0 Å². The second-order valence-electron chi connectivity index (χ2n) is 7.30. The Morgan fingerprint density at radius 1 is 1.06 bits per heavy atom. The number of aromatic nitrogens is 4. The Hall–Kier alpha value is -3.46. The van der Waals surface area contributed by atoms with Crippen molar-refractivity contribution in [3.8, 4) is 0 Å². The van der Waals surface area contributed by atoms with Crippen LogP contribution in [0.25, 0.3) is 0 Å². The van der Waals surface area contributed by atoms with E-state index in [1.54, 1.807) is 29.2 Å². The lowest BCUT2D eigenvalue weighted by Crippen LogP contribution is -2.51. The fourth-order valence-corrected chi connectivity index (χ4v) is 3.67. The maximum Gasteiger partial charge on any atom is 0.328 e. The number of aromatic amines is 1. The first-order chi connectivity index (χ1) is 14.9. The van der Waals surface area contributed by atoms with Crippen molar-refractivity contribution < 1.29 is 4.79 Å². The molecule has 0 spiro atoms. The van der Waals surface area contributed by atoms with Crippen LogP contribution < -0.4 is 16.1 Å². The molecule has 1 fully saturated rings. The second-order valence-corrected chi connectivity index (χ2v) is 7.71. The molecule has 0 atom stereocenters. The fourth-order valence-electron chi connectivity index (χ4n) is 3.47. The molecule has 1 N–H and O–H groups in total. The molecule has 0 bridgehead atoms. The van der Waals surface area contributed by atoms with E-state index in [2.05, 4.69) is 15.2 Å². The molecule has 0 saturated carbocycles. The van der Waals surface area contributed by atoms with Crippen LogP contribution in [0.2, 0.25) is 5.02 Å². The molecule has 10 heteroatoms. The van der Waals surface area contributed by atoms with Crippen molar-refractivity contribution in [2.45, 2.75) is 13.5 Å². The number of nitrogens with one attached hydrogen (secondary N) is 1. The van der Waals surface area contributed by atoms with Crippen LogP contribution in [0.15, 0.2) is 52.2 Å². The van der Waals surface area contributed by atoms with Gasteiger partial charge in [-0.05, 0) is 30.7 Å². The van der Waals surface area contributed by atoms with Crippen molar-refractivity contribution in [2.75, 3.05) is 31.1 Å². The highest BCUT2D eigenvalue weighted by Gasteiger charge is 2.26. The summed E-state index contributed by atoms with van der Waals surface area (Å²) in [6.07, 6.45) is 1.19. The van der Waals surface area contributed by atoms with Crippen molar-refractivity contribution in [1.82, 2.24) is 24.6 Å². The van der Waals surface area contributed by atoms with Gasteiger partial charge in [-0.15, -0.1) is 5.10 Å². The lowest BCUT2D eigenvalue weighted by molar-refractivity contribution is 0.0743. The smallest absolute Gasteiger partial charge is 0.328 e. The van der Waals surface area contributed by atoms with E-state index in [1.807, 2.05) is 24.0 Å². The highest BCUT2D eigenvalue weighted by molar-refractivity contribution is 6.31. The summed E-state index contributed by atoms with van der Waals surface area (Å²) >= 11 is 6.16. The van der Waals surface area contributed by atoms with Gasteiger partial charge in [-0.2, -0.15) is 5.10 Å². The highest BCUT2D eigenvalue weighted by atomic mass is 35.5. The van der Waals surface area contributed by atoms with Crippen molar-refractivity contribution >= 4 is 23.3 Å². The van der Waals surface area contributed by atoms with Crippen LogP contribution in [0.1, 0.15) is 21.6 Å². The Bertz CT molecular complexity index is 1210. The van der Waals surface area contributed by atoms with Gasteiger partial charge in [-0.3, -0.25) is 14.2 Å². The number of carbonyl (C=O) groups excluding carboxylic acids is 1. The number of anilines is 1. The predicted molar refractivity (Wildman–Crippen MR) is 117 cm³/mol. The third kappa shape index (κ3) is 4.36. The molecule has 2 aromatic heterocycles. The molecule has 3 heterocycles. The van der Waals surface area contributed by atoms with Gasteiger partial charge in [0.05, 0.1) is 12.2 Å². The Morgan fingerprint density at radius 3 is 2.48 bits per heavy atom. The minimum absolute atomic E-state index is 0.0190. The first-order valence-electron chi connectivity index (χ1n) is 9.84. The lowest BCUT2D eigenvalue weighted by Gasteiger charge is -2.35. The summed E-state index contributed by atoms with van der Waals surface area (Å²) < 4.78 is 0.993. The summed E-state index contributed by atoms with van der Waals surface area (Å²) in [5, 5.41) is 8.69. The van der Waals surface area contributed by atoms with Crippen molar-refractivity contribution in [3.63, 3.8) is 0 Å². The molecule has 1 aliphatic rings. The van der Waals surface area contributed by atoms with Gasteiger partial charge in [0, 0.05) is 37.4 Å². The molecule has 0 unspecified atom stereocenters. The molecule has 3 aromatic rings. The zero-order chi connectivity index (χ0) is 22.0. The number of rotatable bonds is 4. The molecule has 1 amide bonds. The maximum atomic E-state index is 13.0. The Kier molecular flexibility index (Phi) is 5.85. The third-order valence-electron chi connectivity index (χ3n) is 5.25. The third-order valence-corrected chi connectivity index (χ3v) is 5.62. The molecule has 1 aliphatic heterocycles. The van der Waals surface area contributed by atoms with Gasteiger partial charge in [-0.25, -0.2) is 4.79 Å². The second kappa shape index (κ2) is 8.73. The maximum absolute atomic E-state index is 13.0. The SMILES string of the molecule is Cc1ccc(N2CCN(C(=O)c3c[nH]c(=O)n(Cc4ccccc4Cl)c3=O)CC2)nn1. The first-order valence-corrected chi connectivity index (χ1v) is 10.2. The Balaban J connectivity index is 1.52. The molecule has 0 radical (unpaired) electrons. The van der Waals surface area contributed by atoms with Crippen molar-refractivity contribution in [3.05, 3.63) is 85.3 Å². The van der Waals surface area contributed by atoms with Gasteiger partial charge in [0.15, 0.2) is 5.82 Å². The molecular weight excluding hydrogens is 420 g/mol. The number of amides is 1. The van der Waals surface area contributed by atoms with Crippen LogP contribution in [0.5, 0.6) is 0 Å². The normalized spacial score (nSPS) is 14.0. The standard InChI is InChI=1S/C21H21ClN6O3/c1-14-6-7-18(25-24-14)26-8-10-27(11-9-26)19(29)16-12-23-21(31)28(20(16)30)13-15-4-2-3-5-17(15)22/h2-7,12H,8-11,13H2,1H3,(H,23,31). The quantitative estimate of drug-likeness (QED) is 0.655. The zero-order valence-electron chi connectivity index (χ0n) is 16.9. The van der Waals surface area contributed by atoms with E-state index < -0.39 is 17.2 Å². The van der Waals surface area contributed by atoms with Gasteiger partial charge in [-0.1, -0.05) is 29.8 Å². The minimum Gasteiger partial charge on any atom is -0.352 e. The van der Waals surface area contributed by atoms with Crippen LogP contribution in [0.3, 0.4) is 0 Å². The summed E-state index contributed by atoms with van der Waals surface area (Å²) in [5.41, 5.74) is 0.151. The number of hydrogen-bond acceptors (Lipinski definition) is 6. The van der Waals surface area contributed by atoms with E-state index in [0.717, 1.165) is 16.1 Å². The van der Waals surface area contributed by atoms with E-state index in [0.29, 0.717) is 36.8 Å². The number of H-pyrrole nitrogens is 1. The van der Waals surface area contributed by atoms with E-state index in [-0.39, 0.29) is 12.1 Å². The van der Waals surface area contributed by atoms with Crippen LogP contribution in [0, 0.1) is 6.92 Å². The zero-order valence-corrected chi connectivity index (χ0v) is 17.7. The van der Waals surface area contributed by atoms with E-state index in [4.69, 9.17) is 11.6 Å². The summed E-state index contributed by atoms with van der Waals surface area (Å²) in [5.74, 6) is 0.340. The van der Waals surface area contributed by atoms with Gasteiger partial charge >= 0.3 is 5.69 Å². The van der Waals surface area contributed by atoms with Crippen LogP contribution in [-0.4, -0.2) is 56.7 Å². The first kappa shape index (κ1) is 20.8. The number of hydrogen-bond donors (Lipinski definition) is 1. The predicted octanol–water partition coefficient (Wildman–Crippen LogP) is 1.30. The van der Waals surface area contributed by atoms with E-state index in [9.17, 15) is 14.4 Å². The molecule has 1 aromatic carbocycles. The average Bonchev–Trinajstić information content (AvgIpc) is 2.78. The molecular formula is C21H21ClN6O3. The lowest BCUT2D eigenvalue weighted by atomic mass is 10.2. The molecule has 31 heavy (non-hydrogen) atoms. The Morgan fingerprint density at radius 2 is 1.81 bits per heavy atom. The highest BCUT2D eigenvalue weighted by Crippen LogP contribution is 2.16. The van der Waals surface area contributed by atoms with Crippen molar-refractivity contribution in [1.29, 1.82) is 0 Å². The average molecular weight is 441 g/mol. The number of halogens is 1. The van der Waals surface area contributed by atoms with Crippen LogP contribution >= 0.6 is 11.6 Å². The number of nitrogens with zero attached hydrogens (tertiary/aromatic N) is 5. The summed E-state index contributed by atoms with van der Waals surface area (Å²) in [7, 11) is 0. The molecule has 0 aliphatic carbocycles. The summed E-state index contributed by atoms with van der Waals surface area (Å²) in [6, 6.07) is 10.7. The molecule has 1 saturated heterocycles. The monoisotopic (exact) mass is 440 g/mol. The van der Waals surface area contributed by atoms with E-state index in [1.165, 1.54) is 6.20 Å². The van der Waals surface area contributed by atoms with Gasteiger partial charge in [0.2, 0.25) is 0 Å². The fraction of sp³-hybridized carbons (Fsp3) is 0.286. The number of aryl methyl sites for hydroxylation is 1. The topological polar surface area (TPSA) is 104 Å². The van der Waals surface area contributed by atoms with Crippen LogP contribution in [0.4, 0.5) is 5.82 Å². The number of piperazine rings is 1. The van der Waals surface area contributed by atoms with Crippen LogP contribution in [-0.2, 0) is 6.54 Å². The van der Waals surface area contributed by atoms with Gasteiger partial charge < -0.3 is 14.8 Å². The number of carbonyl (C=O) groups is 1. The van der Waals surface area contributed by atoms with Gasteiger partial charge in [0.25, 0.3) is 11.5 Å². The summed E-state index contributed by atoms with van der Waals surface area (Å²) in [6.45, 7) is 3.85. The number of benzene rings is 1. The minimum atomic E-state index is -0.638. The largest absolute Gasteiger partial charge is 0.352 e.